The lowest BCUT2D eigenvalue weighted by Crippen LogP contribution is -2.14. The highest BCUT2D eigenvalue weighted by atomic mass is 19.1. The minimum Gasteiger partial charge on any atom is -0.478 e. The zero-order valence-electron chi connectivity index (χ0n) is 11.2. The van der Waals surface area contributed by atoms with Gasteiger partial charge in [0.2, 0.25) is 0 Å². The van der Waals surface area contributed by atoms with Crippen LogP contribution in [-0.4, -0.2) is 11.1 Å². The van der Waals surface area contributed by atoms with E-state index in [0.29, 0.717) is 18.7 Å². The molecule has 0 radical (unpaired) electrons. The molecule has 2 N–H and O–H groups in total. The largest absolute Gasteiger partial charge is 0.478 e. The van der Waals surface area contributed by atoms with Crippen LogP contribution < -0.4 is 5.32 Å². The molecule has 0 aromatic heterocycles. The Morgan fingerprint density at radius 1 is 1.15 bits per heavy atom. The van der Waals surface area contributed by atoms with E-state index in [2.05, 4.69) is 5.32 Å². The second-order valence-electron chi connectivity index (χ2n) is 4.70. The number of carboxylic acids is 1. The molecule has 0 saturated carbocycles. The Labute approximate surface area is 117 Å². The second kappa shape index (κ2) is 6.30. The number of benzene rings is 2. The van der Waals surface area contributed by atoms with Crippen LogP contribution in [0.15, 0.2) is 42.5 Å². The summed E-state index contributed by atoms with van der Waals surface area (Å²) in [6.45, 7) is 2.93. The van der Waals surface area contributed by atoms with Crippen molar-refractivity contribution in [3.63, 3.8) is 0 Å². The number of halogens is 1. The highest BCUT2D eigenvalue weighted by Gasteiger charge is 2.03. The Hall–Kier alpha value is -2.20. The SMILES string of the molecule is Cc1ccc(F)c(CNCc2ccc(C(=O)O)cc2)c1. The maximum atomic E-state index is 13.5. The molecule has 0 heterocycles. The van der Waals surface area contributed by atoms with Gasteiger partial charge in [0.05, 0.1) is 5.56 Å². The summed E-state index contributed by atoms with van der Waals surface area (Å²) < 4.78 is 13.5. The standard InChI is InChI=1S/C16H16FNO2/c1-11-2-7-15(17)14(8-11)10-18-9-12-3-5-13(6-4-12)16(19)20/h2-8,18H,9-10H2,1H3,(H,19,20). The van der Waals surface area contributed by atoms with Gasteiger partial charge in [0.1, 0.15) is 5.82 Å². The smallest absolute Gasteiger partial charge is 0.335 e. The van der Waals surface area contributed by atoms with Crippen LogP contribution in [-0.2, 0) is 13.1 Å². The summed E-state index contributed by atoms with van der Waals surface area (Å²) in [4.78, 5) is 10.7. The zero-order chi connectivity index (χ0) is 14.5. The van der Waals surface area contributed by atoms with Gasteiger partial charge in [-0.1, -0.05) is 29.8 Å². The maximum Gasteiger partial charge on any atom is 0.335 e. The van der Waals surface area contributed by atoms with Crippen molar-refractivity contribution in [2.45, 2.75) is 20.0 Å². The molecular formula is C16H16FNO2. The van der Waals surface area contributed by atoms with Crippen LogP contribution in [0.3, 0.4) is 0 Å². The highest BCUT2D eigenvalue weighted by Crippen LogP contribution is 2.10. The summed E-state index contributed by atoms with van der Waals surface area (Å²) in [6.07, 6.45) is 0. The molecule has 104 valence electrons. The summed E-state index contributed by atoms with van der Waals surface area (Å²) in [5.41, 5.74) is 2.88. The molecule has 0 unspecified atom stereocenters. The molecule has 0 aliphatic rings. The normalized spacial score (nSPS) is 10.5. The number of carbonyl (C=O) groups is 1. The predicted octanol–water partition coefficient (Wildman–Crippen LogP) is 3.12. The molecule has 0 fully saturated rings. The third-order valence-corrected chi connectivity index (χ3v) is 3.05. The third-order valence-electron chi connectivity index (χ3n) is 3.05. The summed E-state index contributed by atoms with van der Waals surface area (Å²) in [5, 5.41) is 11.9. The van der Waals surface area contributed by atoms with Crippen molar-refractivity contribution in [1.82, 2.24) is 5.32 Å². The van der Waals surface area contributed by atoms with E-state index in [1.807, 2.05) is 13.0 Å². The van der Waals surface area contributed by atoms with Gasteiger partial charge in [0, 0.05) is 18.7 Å². The van der Waals surface area contributed by atoms with Crippen molar-refractivity contribution in [3.8, 4) is 0 Å². The first-order valence-electron chi connectivity index (χ1n) is 6.34. The fourth-order valence-corrected chi connectivity index (χ4v) is 1.95. The molecule has 2 rings (SSSR count). The molecule has 0 saturated heterocycles. The first-order valence-corrected chi connectivity index (χ1v) is 6.34. The number of nitrogens with one attached hydrogen (secondary N) is 1. The van der Waals surface area contributed by atoms with Crippen molar-refractivity contribution >= 4 is 5.97 Å². The van der Waals surface area contributed by atoms with Crippen LogP contribution in [0, 0.1) is 12.7 Å². The van der Waals surface area contributed by atoms with Crippen LogP contribution in [0.4, 0.5) is 4.39 Å². The topological polar surface area (TPSA) is 49.3 Å². The number of hydrogen-bond donors (Lipinski definition) is 2. The molecular weight excluding hydrogens is 257 g/mol. The average molecular weight is 273 g/mol. The first-order chi connectivity index (χ1) is 9.56. The van der Waals surface area contributed by atoms with Gasteiger partial charge in [-0.2, -0.15) is 0 Å². The van der Waals surface area contributed by atoms with Crippen molar-refractivity contribution in [1.29, 1.82) is 0 Å². The van der Waals surface area contributed by atoms with Crippen LogP contribution >= 0.6 is 0 Å². The summed E-state index contributed by atoms with van der Waals surface area (Å²) in [7, 11) is 0. The predicted molar refractivity (Wildman–Crippen MR) is 75.1 cm³/mol. The second-order valence-corrected chi connectivity index (χ2v) is 4.70. The molecule has 20 heavy (non-hydrogen) atoms. The Morgan fingerprint density at radius 2 is 1.85 bits per heavy atom. The van der Waals surface area contributed by atoms with E-state index in [1.54, 1.807) is 30.3 Å². The van der Waals surface area contributed by atoms with E-state index in [-0.39, 0.29) is 11.4 Å². The maximum absolute atomic E-state index is 13.5. The minimum atomic E-state index is -0.939. The Kier molecular flexibility index (Phi) is 4.48. The molecule has 4 heteroatoms. The number of rotatable bonds is 5. The number of aromatic carboxylic acids is 1. The molecule has 0 spiro atoms. The molecule has 0 aliphatic heterocycles. The van der Waals surface area contributed by atoms with Crippen LogP contribution in [0.1, 0.15) is 27.0 Å². The molecule has 3 nitrogen and oxygen atoms in total. The van der Waals surface area contributed by atoms with Gasteiger partial charge in [-0.3, -0.25) is 0 Å². The Balaban J connectivity index is 1.92. The molecule has 0 aliphatic carbocycles. The molecule has 2 aromatic carbocycles. The van der Waals surface area contributed by atoms with Crippen molar-refractivity contribution in [2.75, 3.05) is 0 Å². The van der Waals surface area contributed by atoms with Gasteiger partial charge in [-0.25, -0.2) is 9.18 Å². The molecule has 0 bridgehead atoms. The van der Waals surface area contributed by atoms with Crippen molar-refractivity contribution in [2.24, 2.45) is 0 Å². The van der Waals surface area contributed by atoms with Crippen molar-refractivity contribution in [3.05, 3.63) is 70.5 Å². The van der Waals surface area contributed by atoms with E-state index in [1.165, 1.54) is 6.07 Å². The summed E-state index contributed by atoms with van der Waals surface area (Å²) >= 11 is 0. The zero-order valence-corrected chi connectivity index (χ0v) is 11.2. The van der Waals surface area contributed by atoms with Gasteiger partial charge >= 0.3 is 5.97 Å². The average Bonchev–Trinajstić information content (AvgIpc) is 2.43. The Bertz CT molecular complexity index is 608. The van der Waals surface area contributed by atoms with E-state index < -0.39 is 5.97 Å². The Morgan fingerprint density at radius 3 is 2.50 bits per heavy atom. The first kappa shape index (κ1) is 14.2. The van der Waals surface area contributed by atoms with E-state index in [4.69, 9.17) is 5.11 Å². The van der Waals surface area contributed by atoms with Crippen LogP contribution in [0.2, 0.25) is 0 Å². The summed E-state index contributed by atoms with van der Waals surface area (Å²) in [6, 6.07) is 11.7. The van der Waals surface area contributed by atoms with Crippen molar-refractivity contribution < 1.29 is 14.3 Å². The molecule has 0 amide bonds. The summed E-state index contributed by atoms with van der Waals surface area (Å²) in [5.74, 6) is -1.16. The minimum absolute atomic E-state index is 0.218. The quantitative estimate of drug-likeness (QED) is 0.880. The van der Waals surface area contributed by atoms with E-state index >= 15 is 0 Å². The van der Waals surface area contributed by atoms with Gasteiger partial charge in [-0.15, -0.1) is 0 Å². The van der Waals surface area contributed by atoms with Crippen LogP contribution in [0.25, 0.3) is 0 Å². The van der Waals surface area contributed by atoms with Gasteiger partial charge < -0.3 is 10.4 Å². The van der Waals surface area contributed by atoms with E-state index in [9.17, 15) is 9.18 Å². The number of hydrogen-bond acceptors (Lipinski definition) is 2. The lowest BCUT2D eigenvalue weighted by Gasteiger charge is -2.07. The van der Waals surface area contributed by atoms with Crippen LogP contribution in [0.5, 0.6) is 0 Å². The third kappa shape index (κ3) is 3.65. The highest BCUT2D eigenvalue weighted by molar-refractivity contribution is 5.87. The van der Waals surface area contributed by atoms with E-state index in [0.717, 1.165) is 11.1 Å². The molecule has 2 aromatic rings. The fourth-order valence-electron chi connectivity index (χ4n) is 1.95. The molecule has 0 atom stereocenters. The lowest BCUT2D eigenvalue weighted by atomic mass is 10.1. The van der Waals surface area contributed by atoms with Gasteiger partial charge in [0.25, 0.3) is 0 Å². The lowest BCUT2D eigenvalue weighted by molar-refractivity contribution is 0.0697. The monoisotopic (exact) mass is 273 g/mol. The van der Waals surface area contributed by atoms with Gasteiger partial charge in [-0.05, 0) is 30.7 Å². The number of aryl methyl sites for hydroxylation is 1. The fraction of sp³-hybridized carbons (Fsp3) is 0.188. The van der Waals surface area contributed by atoms with Gasteiger partial charge in [0.15, 0.2) is 0 Å². The number of carboxylic acid groups (broad SMARTS) is 1.